The van der Waals surface area contributed by atoms with Gasteiger partial charge in [0.2, 0.25) is 5.95 Å². The predicted octanol–water partition coefficient (Wildman–Crippen LogP) is 3.67. The van der Waals surface area contributed by atoms with Crippen molar-refractivity contribution < 1.29 is 4.39 Å². The van der Waals surface area contributed by atoms with Crippen molar-refractivity contribution in [2.45, 2.75) is 13.5 Å². The molecule has 23 heavy (non-hydrogen) atoms. The highest BCUT2D eigenvalue weighted by molar-refractivity contribution is 5.57. The fourth-order valence-electron chi connectivity index (χ4n) is 2.11. The third-order valence-electron chi connectivity index (χ3n) is 3.15. The summed E-state index contributed by atoms with van der Waals surface area (Å²) >= 11 is 0. The molecule has 0 unspecified atom stereocenters. The van der Waals surface area contributed by atoms with Gasteiger partial charge < -0.3 is 10.6 Å². The second kappa shape index (κ2) is 6.83. The van der Waals surface area contributed by atoms with E-state index in [0.29, 0.717) is 24.0 Å². The summed E-state index contributed by atoms with van der Waals surface area (Å²) in [5, 5.41) is 6.26. The van der Waals surface area contributed by atoms with Crippen LogP contribution in [0.25, 0.3) is 0 Å². The molecule has 5 nitrogen and oxygen atoms in total. The van der Waals surface area contributed by atoms with Gasteiger partial charge in [-0.3, -0.25) is 4.98 Å². The molecule has 0 aliphatic rings. The number of benzene rings is 1. The zero-order chi connectivity index (χ0) is 16.1. The molecule has 116 valence electrons. The SMILES string of the molecule is Cc1cc(Nc2cccc(F)c2)nc(NCc2ccncc2)n1. The number of pyridine rings is 1. The van der Waals surface area contributed by atoms with Gasteiger partial charge >= 0.3 is 0 Å². The first-order chi connectivity index (χ1) is 11.2. The molecule has 2 aromatic heterocycles. The molecule has 0 spiro atoms. The van der Waals surface area contributed by atoms with Crippen LogP contribution < -0.4 is 10.6 Å². The highest BCUT2D eigenvalue weighted by Gasteiger charge is 2.04. The van der Waals surface area contributed by atoms with Gasteiger partial charge in [-0.25, -0.2) is 9.37 Å². The van der Waals surface area contributed by atoms with Crippen molar-refractivity contribution >= 4 is 17.5 Å². The molecule has 0 radical (unpaired) electrons. The Hall–Kier alpha value is -3.02. The molecule has 2 N–H and O–H groups in total. The molecule has 1 aromatic carbocycles. The number of anilines is 3. The van der Waals surface area contributed by atoms with Gasteiger partial charge in [0.05, 0.1) is 0 Å². The van der Waals surface area contributed by atoms with Gasteiger partial charge in [-0.15, -0.1) is 0 Å². The molecular formula is C17H16FN5. The van der Waals surface area contributed by atoms with Crippen molar-refractivity contribution in [2.24, 2.45) is 0 Å². The molecule has 3 rings (SSSR count). The number of nitrogens with one attached hydrogen (secondary N) is 2. The van der Waals surface area contributed by atoms with E-state index in [1.165, 1.54) is 12.1 Å². The number of halogens is 1. The van der Waals surface area contributed by atoms with Gasteiger partial charge in [0, 0.05) is 36.4 Å². The first-order valence-electron chi connectivity index (χ1n) is 7.20. The van der Waals surface area contributed by atoms with Crippen molar-refractivity contribution in [2.75, 3.05) is 10.6 Å². The Morgan fingerprint density at radius 2 is 1.87 bits per heavy atom. The van der Waals surface area contributed by atoms with Gasteiger partial charge in [0.25, 0.3) is 0 Å². The molecule has 0 aliphatic heterocycles. The van der Waals surface area contributed by atoms with Crippen molar-refractivity contribution in [3.63, 3.8) is 0 Å². The number of rotatable bonds is 5. The summed E-state index contributed by atoms with van der Waals surface area (Å²) in [6, 6.07) is 11.9. The maximum atomic E-state index is 13.2. The maximum absolute atomic E-state index is 13.2. The minimum Gasteiger partial charge on any atom is -0.350 e. The molecule has 0 saturated heterocycles. The quantitative estimate of drug-likeness (QED) is 0.753. The zero-order valence-corrected chi connectivity index (χ0v) is 12.6. The van der Waals surface area contributed by atoms with Gasteiger partial charge in [-0.2, -0.15) is 4.98 Å². The van der Waals surface area contributed by atoms with Crippen LogP contribution in [-0.4, -0.2) is 15.0 Å². The summed E-state index contributed by atoms with van der Waals surface area (Å²) in [4.78, 5) is 12.7. The molecule has 0 bridgehead atoms. The topological polar surface area (TPSA) is 62.7 Å². The molecule has 0 fully saturated rings. The van der Waals surface area contributed by atoms with E-state index in [0.717, 1.165) is 11.3 Å². The lowest BCUT2D eigenvalue weighted by Crippen LogP contribution is -2.06. The average Bonchev–Trinajstić information content (AvgIpc) is 2.53. The Morgan fingerprint density at radius 1 is 1.04 bits per heavy atom. The average molecular weight is 309 g/mol. The van der Waals surface area contributed by atoms with Crippen LogP contribution in [0.4, 0.5) is 21.8 Å². The molecule has 0 aliphatic carbocycles. The Balaban J connectivity index is 1.73. The van der Waals surface area contributed by atoms with Crippen LogP contribution in [0, 0.1) is 12.7 Å². The summed E-state index contributed by atoms with van der Waals surface area (Å²) < 4.78 is 13.2. The lowest BCUT2D eigenvalue weighted by atomic mass is 10.3. The standard InChI is InChI=1S/C17H16FN5/c1-12-9-16(22-15-4-2-3-14(18)10-15)23-17(21-12)20-11-13-5-7-19-8-6-13/h2-10H,11H2,1H3,(H2,20,21,22,23). The summed E-state index contributed by atoms with van der Waals surface area (Å²) in [6.45, 7) is 2.49. The summed E-state index contributed by atoms with van der Waals surface area (Å²) in [5.74, 6) is 0.831. The number of hydrogen-bond donors (Lipinski definition) is 2. The van der Waals surface area contributed by atoms with Crippen LogP contribution >= 0.6 is 0 Å². The van der Waals surface area contributed by atoms with E-state index in [1.54, 1.807) is 24.5 Å². The van der Waals surface area contributed by atoms with Crippen molar-refractivity contribution in [3.05, 3.63) is 71.9 Å². The smallest absolute Gasteiger partial charge is 0.225 e. The van der Waals surface area contributed by atoms with E-state index >= 15 is 0 Å². The minimum atomic E-state index is -0.295. The second-order valence-electron chi connectivity index (χ2n) is 5.06. The molecular weight excluding hydrogens is 293 g/mol. The third kappa shape index (κ3) is 4.23. The maximum Gasteiger partial charge on any atom is 0.225 e. The van der Waals surface area contributed by atoms with E-state index in [1.807, 2.05) is 25.1 Å². The lowest BCUT2D eigenvalue weighted by Gasteiger charge is -2.10. The van der Waals surface area contributed by atoms with Crippen LogP contribution in [0.1, 0.15) is 11.3 Å². The van der Waals surface area contributed by atoms with Crippen LogP contribution in [0.2, 0.25) is 0 Å². The van der Waals surface area contributed by atoms with Gasteiger partial charge in [0.15, 0.2) is 0 Å². The van der Waals surface area contributed by atoms with Crippen molar-refractivity contribution in [3.8, 4) is 0 Å². The predicted molar refractivity (Wildman–Crippen MR) is 88.0 cm³/mol. The summed E-state index contributed by atoms with van der Waals surface area (Å²) in [7, 11) is 0. The van der Waals surface area contributed by atoms with Crippen molar-refractivity contribution in [1.29, 1.82) is 0 Å². The van der Waals surface area contributed by atoms with Crippen LogP contribution in [0.15, 0.2) is 54.9 Å². The molecule has 0 amide bonds. The number of aryl methyl sites for hydroxylation is 1. The second-order valence-corrected chi connectivity index (χ2v) is 5.06. The number of aromatic nitrogens is 3. The summed E-state index contributed by atoms with van der Waals surface area (Å²) in [6.07, 6.45) is 3.48. The van der Waals surface area contributed by atoms with Crippen LogP contribution in [-0.2, 0) is 6.54 Å². The highest BCUT2D eigenvalue weighted by Crippen LogP contribution is 2.17. The third-order valence-corrected chi connectivity index (χ3v) is 3.15. The van der Waals surface area contributed by atoms with E-state index in [4.69, 9.17) is 0 Å². The monoisotopic (exact) mass is 309 g/mol. The molecule has 2 heterocycles. The Bertz CT molecular complexity index is 792. The summed E-state index contributed by atoms with van der Waals surface area (Å²) in [5.41, 5.74) is 2.55. The zero-order valence-electron chi connectivity index (χ0n) is 12.6. The van der Waals surface area contributed by atoms with Gasteiger partial charge in [0.1, 0.15) is 11.6 Å². The normalized spacial score (nSPS) is 10.3. The van der Waals surface area contributed by atoms with Gasteiger partial charge in [-0.1, -0.05) is 6.07 Å². The van der Waals surface area contributed by atoms with E-state index in [2.05, 4.69) is 25.6 Å². The van der Waals surface area contributed by atoms with E-state index in [9.17, 15) is 4.39 Å². The van der Waals surface area contributed by atoms with Crippen LogP contribution in [0.5, 0.6) is 0 Å². The van der Waals surface area contributed by atoms with Crippen molar-refractivity contribution in [1.82, 2.24) is 15.0 Å². The molecule has 6 heteroatoms. The first kappa shape index (κ1) is 14.9. The number of nitrogens with zero attached hydrogens (tertiary/aromatic N) is 3. The molecule has 0 saturated carbocycles. The fraction of sp³-hybridized carbons (Fsp3) is 0.118. The fourth-order valence-corrected chi connectivity index (χ4v) is 2.11. The first-order valence-corrected chi connectivity index (χ1v) is 7.20. The minimum absolute atomic E-state index is 0.295. The number of hydrogen-bond acceptors (Lipinski definition) is 5. The highest BCUT2D eigenvalue weighted by atomic mass is 19.1. The van der Waals surface area contributed by atoms with Crippen LogP contribution in [0.3, 0.4) is 0 Å². The van der Waals surface area contributed by atoms with E-state index in [-0.39, 0.29) is 5.82 Å². The Labute approximate surface area is 133 Å². The van der Waals surface area contributed by atoms with E-state index < -0.39 is 0 Å². The Morgan fingerprint density at radius 3 is 2.65 bits per heavy atom. The van der Waals surface area contributed by atoms with Gasteiger partial charge in [-0.05, 0) is 42.8 Å². The molecule has 0 atom stereocenters. The molecule has 3 aromatic rings. The lowest BCUT2D eigenvalue weighted by molar-refractivity contribution is 0.628. The largest absolute Gasteiger partial charge is 0.350 e. The Kier molecular flexibility index (Phi) is 4.42.